The van der Waals surface area contributed by atoms with E-state index < -0.39 is 7.82 Å². The second-order valence-corrected chi connectivity index (χ2v) is 4.29. The predicted octanol–water partition coefficient (Wildman–Crippen LogP) is 1.69. The molecule has 0 aromatic carbocycles. The second kappa shape index (κ2) is 6.33. The third-order valence-corrected chi connectivity index (χ3v) is 3.37. The fraction of sp³-hybridized carbons (Fsp3) is 1.00. The summed E-state index contributed by atoms with van der Waals surface area (Å²) in [6.45, 7) is 2.15. The summed E-state index contributed by atoms with van der Waals surface area (Å²) in [5, 5.41) is 2.66. The van der Waals surface area contributed by atoms with Crippen molar-refractivity contribution in [3.63, 3.8) is 0 Å². The number of halogens is 1. The SMILES string of the molecule is CCOP(=O)(OI)OCNC. The lowest BCUT2D eigenvalue weighted by atomic mass is 10.9. The van der Waals surface area contributed by atoms with Gasteiger partial charge in [0.1, 0.15) is 29.7 Å². The van der Waals surface area contributed by atoms with Gasteiger partial charge in [-0.05, 0) is 14.0 Å². The van der Waals surface area contributed by atoms with Crippen molar-refractivity contribution in [3.8, 4) is 0 Å². The van der Waals surface area contributed by atoms with E-state index in [9.17, 15) is 4.57 Å². The van der Waals surface area contributed by atoms with Gasteiger partial charge in [-0.1, -0.05) is 0 Å². The van der Waals surface area contributed by atoms with E-state index in [1.165, 1.54) is 23.0 Å². The van der Waals surface area contributed by atoms with Crippen LogP contribution in [0.25, 0.3) is 0 Å². The molecule has 0 aliphatic rings. The Morgan fingerprint density at radius 3 is 2.55 bits per heavy atom. The van der Waals surface area contributed by atoms with Crippen molar-refractivity contribution in [2.45, 2.75) is 6.92 Å². The number of phosphoric acid groups is 1. The van der Waals surface area contributed by atoms with E-state index in [0.29, 0.717) is 6.61 Å². The summed E-state index contributed by atoms with van der Waals surface area (Å²) >= 11 is 1.49. The molecule has 0 saturated heterocycles. The zero-order chi connectivity index (χ0) is 8.74. The molecule has 1 atom stereocenters. The first-order valence-corrected chi connectivity index (χ1v) is 5.36. The highest BCUT2D eigenvalue weighted by Gasteiger charge is 2.24. The molecule has 0 radical (unpaired) electrons. The van der Waals surface area contributed by atoms with Gasteiger partial charge in [0, 0.05) is 0 Å². The van der Waals surface area contributed by atoms with Gasteiger partial charge in [-0.2, -0.15) is 0 Å². The Balaban J connectivity index is 3.79. The van der Waals surface area contributed by atoms with E-state index in [1.807, 2.05) is 0 Å². The van der Waals surface area contributed by atoms with Crippen LogP contribution >= 0.6 is 30.8 Å². The molecule has 0 saturated carbocycles. The highest BCUT2D eigenvalue weighted by Crippen LogP contribution is 2.50. The Labute approximate surface area is 80.1 Å². The number of phosphoric ester groups is 1. The first-order chi connectivity index (χ1) is 5.18. The van der Waals surface area contributed by atoms with Crippen LogP contribution in [0.5, 0.6) is 0 Å². The summed E-state index contributed by atoms with van der Waals surface area (Å²) in [6, 6.07) is 0. The average molecular weight is 295 g/mol. The van der Waals surface area contributed by atoms with Crippen LogP contribution in [0.4, 0.5) is 0 Å². The summed E-state index contributed by atoms with van der Waals surface area (Å²) in [5.74, 6) is 0. The number of hydrogen-bond acceptors (Lipinski definition) is 5. The fourth-order valence-corrected chi connectivity index (χ4v) is 1.82. The maximum atomic E-state index is 11.2. The lowest BCUT2D eigenvalue weighted by Crippen LogP contribution is -2.11. The van der Waals surface area contributed by atoms with Crippen LogP contribution in [-0.2, 0) is 16.5 Å². The van der Waals surface area contributed by atoms with E-state index >= 15 is 0 Å². The second-order valence-electron chi connectivity index (χ2n) is 1.56. The number of nitrogens with one attached hydrogen (secondary N) is 1. The molecule has 1 N–H and O–H groups in total. The minimum absolute atomic E-state index is 0.139. The van der Waals surface area contributed by atoms with Gasteiger partial charge in [-0.15, -0.1) is 0 Å². The van der Waals surface area contributed by atoms with Crippen molar-refractivity contribution >= 4 is 30.8 Å². The molecule has 5 nitrogen and oxygen atoms in total. The molecule has 11 heavy (non-hydrogen) atoms. The molecule has 0 aliphatic carbocycles. The van der Waals surface area contributed by atoms with E-state index in [-0.39, 0.29) is 6.73 Å². The molecule has 7 heteroatoms. The van der Waals surface area contributed by atoms with Crippen molar-refractivity contribution in [2.75, 3.05) is 20.4 Å². The van der Waals surface area contributed by atoms with Crippen LogP contribution in [0.15, 0.2) is 0 Å². The molecule has 1 unspecified atom stereocenters. The largest absolute Gasteiger partial charge is 0.485 e. The Kier molecular flexibility index (Phi) is 6.79. The minimum Gasteiger partial charge on any atom is -0.297 e. The van der Waals surface area contributed by atoms with E-state index in [2.05, 4.69) is 8.17 Å². The Morgan fingerprint density at radius 2 is 2.18 bits per heavy atom. The molecule has 0 aromatic heterocycles. The van der Waals surface area contributed by atoms with Crippen LogP contribution in [-0.4, -0.2) is 20.4 Å². The highest BCUT2D eigenvalue weighted by atomic mass is 127. The van der Waals surface area contributed by atoms with Crippen molar-refractivity contribution < 1.29 is 16.5 Å². The highest BCUT2D eigenvalue weighted by molar-refractivity contribution is 14.1. The van der Waals surface area contributed by atoms with Gasteiger partial charge in [0.2, 0.25) is 0 Å². The first kappa shape index (κ1) is 11.8. The van der Waals surface area contributed by atoms with E-state index in [4.69, 9.17) is 9.05 Å². The van der Waals surface area contributed by atoms with Gasteiger partial charge in [-0.25, -0.2) is 7.42 Å². The fourth-order valence-electron chi connectivity index (χ4n) is 0.379. The summed E-state index contributed by atoms with van der Waals surface area (Å²) in [4.78, 5) is 0. The topological polar surface area (TPSA) is 56.8 Å². The molecule has 0 aliphatic heterocycles. The normalized spacial score (nSPS) is 16.3. The molecular weight excluding hydrogens is 284 g/mol. The maximum absolute atomic E-state index is 11.2. The van der Waals surface area contributed by atoms with E-state index in [0.717, 1.165) is 0 Å². The third-order valence-electron chi connectivity index (χ3n) is 0.739. The average Bonchev–Trinajstić information content (AvgIpc) is 2.02. The lowest BCUT2D eigenvalue weighted by Gasteiger charge is -2.12. The van der Waals surface area contributed by atoms with Crippen LogP contribution in [0.2, 0.25) is 0 Å². The molecule has 0 rings (SSSR count). The molecule has 0 spiro atoms. The standard InChI is InChI=1S/C4H11INO4P/c1-3-8-11(7,10-5)9-4-6-2/h6H,3-4H2,1-2H3. The number of hydrogen-bond donors (Lipinski definition) is 1. The monoisotopic (exact) mass is 295 g/mol. The lowest BCUT2D eigenvalue weighted by molar-refractivity contribution is 0.167. The maximum Gasteiger partial charge on any atom is 0.485 e. The minimum atomic E-state index is -3.29. The molecule has 0 bridgehead atoms. The molecule has 0 fully saturated rings. The van der Waals surface area contributed by atoms with Crippen molar-refractivity contribution in [1.82, 2.24) is 5.32 Å². The summed E-state index contributed by atoms with van der Waals surface area (Å²) in [7, 11) is -1.62. The Bertz CT molecular complexity index is 144. The molecule has 0 aromatic rings. The Morgan fingerprint density at radius 1 is 1.55 bits per heavy atom. The molecule has 68 valence electrons. The van der Waals surface area contributed by atoms with Crippen LogP contribution in [0.1, 0.15) is 6.92 Å². The van der Waals surface area contributed by atoms with Gasteiger partial charge in [0.15, 0.2) is 0 Å². The van der Waals surface area contributed by atoms with Crippen LogP contribution < -0.4 is 5.32 Å². The molecule has 0 amide bonds. The third kappa shape index (κ3) is 5.10. The summed E-state index contributed by atoms with van der Waals surface area (Å²) in [5.41, 5.74) is 0. The van der Waals surface area contributed by atoms with E-state index in [1.54, 1.807) is 14.0 Å². The quantitative estimate of drug-likeness (QED) is 0.459. The predicted molar refractivity (Wildman–Crippen MR) is 49.3 cm³/mol. The number of rotatable bonds is 6. The Hall–Kier alpha value is 0.800. The van der Waals surface area contributed by atoms with Gasteiger partial charge in [0.25, 0.3) is 0 Å². The molecule has 0 heterocycles. The first-order valence-electron chi connectivity index (χ1n) is 3.02. The van der Waals surface area contributed by atoms with Crippen LogP contribution in [0, 0.1) is 0 Å². The van der Waals surface area contributed by atoms with Gasteiger partial charge >= 0.3 is 7.82 Å². The van der Waals surface area contributed by atoms with Gasteiger partial charge < -0.3 is 0 Å². The van der Waals surface area contributed by atoms with Gasteiger partial charge in [-0.3, -0.25) is 14.4 Å². The van der Waals surface area contributed by atoms with Crippen molar-refractivity contribution in [2.24, 2.45) is 0 Å². The van der Waals surface area contributed by atoms with Crippen molar-refractivity contribution in [1.29, 1.82) is 0 Å². The zero-order valence-corrected chi connectivity index (χ0v) is 9.42. The van der Waals surface area contributed by atoms with Crippen molar-refractivity contribution in [3.05, 3.63) is 0 Å². The van der Waals surface area contributed by atoms with Crippen LogP contribution in [0.3, 0.4) is 0 Å². The zero-order valence-electron chi connectivity index (χ0n) is 6.37. The van der Waals surface area contributed by atoms with Gasteiger partial charge in [0.05, 0.1) is 6.61 Å². The molecular formula is C4H11INO4P. The smallest absolute Gasteiger partial charge is 0.297 e. The summed E-state index contributed by atoms with van der Waals surface area (Å²) in [6.07, 6.45) is 0. The summed E-state index contributed by atoms with van der Waals surface area (Å²) < 4.78 is 25.3.